The molecule has 1 aromatic heterocycles. The normalized spacial score (nSPS) is 15.2. The molecule has 0 aliphatic carbocycles. The van der Waals surface area contributed by atoms with Gasteiger partial charge in [0.2, 0.25) is 0 Å². The zero-order chi connectivity index (χ0) is 12.6. The van der Waals surface area contributed by atoms with Crippen molar-refractivity contribution in [2.75, 3.05) is 18.0 Å². The molecule has 17 heavy (non-hydrogen) atoms. The van der Waals surface area contributed by atoms with Crippen LogP contribution in [0.25, 0.3) is 0 Å². The maximum absolute atomic E-state index is 11.0. The first-order valence-electron chi connectivity index (χ1n) is 4.88. The highest BCUT2D eigenvalue weighted by atomic mass is 79.9. The molecular weight excluding hydrogens is 314 g/mol. The van der Waals surface area contributed by atoms with Gasteiger partial charge in [0.25, 0.3) is 0 Å². The third-order valence-electron chi connectivity index (χ3n) is 2.56. The number of thiophene rings is 1. The Morgan fingerprint density at radius 3 is 2.12 bits per heavy atom. The van der Waals surface area contributed by atoms with Crippen molar-refractivity contribution < 1.29 is 9.85 Å². The van der Waals surface area contributed by atoms with Gasteiger partial charge in [-0.2, -0.15) is 0 Å². The standard InChI is InChI=1S/C8H8BrN3O4S/c9-7-5(11(13)14)6(12(15)16)8(17-7)10-3-1-2-4-10/h1-4H2. The van der Waals surface area contributed by atoms with Crippen LogP contribution in [0.15, 0.2) is 3.79 Å². The lowest BCUT2D eigenvalue weighted by atomic mass is 10.4. The number of rotatable bonds is 3. The first kappa shape index (κ1) is 12.2. The van der Waals surface area contributed by atoms with Gasteiger partial charge < -0.3 is 4.90 Å². The number of hydrogen-bond donors (Lipinski definition) is 0. The van der Waals surface area contributed by atoms with Crippen LogP contribution in [0.1, 0.15) is 12.8 Å². The Balaban J connectivity index is 2.55. The first-order valence-corrected chi connectivity index (χ1v) is 6.49. The predicted octanol–water partition coefficient (Wildman–Crippen LogP) is 2.93. The van der Waals surface area contributed by atoms with Crippen molar-refractivity contribution in [2.45, 2.75) is 12.8 Å². The van der Waals surface area contributed by atoms with Gasteiger partial charge in [-0.25, -0.2) is 0 Å². The van der Waals surface area contributed by atoms with Crippen molar-refractivity contribution in [2.24, 2.45) is 0 Å². The second kappa shape index (κ2) is 4.57. The summed E-state index contributed by atoms with van der Waals surface area (Å²) in [6.07, 6.45) is 1.92. The van der Waals surface area contributed by atoms with Gasteiger partial charge in [-0.1, -0.05) is 11.3 Å². The Kier molecular flexibility index (Phi) is 3.29. The van der Waals surface area contributed by atoms with E-state index >= 15 is 0 Å². The molecule has 1 aromatic rings. The highest BCUT2D eigenvalue weighted by Gasteiger charge is 2.38. The molecule has 0 spiro atoms. The van der Waals surface area contributed by atoms with Crippen LogP contribution in [0.5, 0.6) is 0 Å². The van der Waals surface area contributed by atoms with Crippen molar-refractivity contribution in [3.8, 4) is 0 Å². The summed E-state index contributed by atoms with van der Waals surface area (Å²) in [7, 11) is 0. The molecule has 0 aromatic carbocycles. The highest BCUT2D eigenvalue weighted by Crippen LogP contribution is 2.50. The third-order valence-corrected chi connectivity index (χ3v) is 4.44. The molecule has 1 aliphatic rings. The van der Waals surface area contributed by atoms with E-state index in [0.29, 0.717) is 18.1 Å². The van der Waals surface area contributed by atoms with Gasteiger partial charge in [-0.15, -0.1) is 0 Å². The van der Waals surface area contributed by atoms with Gasteiger partial charge in [0.05, 0.1) is 9.85 Å². The lowest BCUT2D eigenvalue weighted by Gasteiger charge is -2.12. The monoisotopic (exact) mass is 321 g/mol. The van der Waals surface area contributed by atoms with Gasteiger partial charge in [-0.05, 0) is 28.8 Å². The molecule has 0 bridgehead atoms. The van der Waals surface area contributed by atoms with E-state index in [2.05, 4.69) is 15.9 Å². The Bertz CT molecular complexity index is 483. The van der Waals surface area contributed by atoms with E-state index in [9.17, 15) is 20.2 Å². The molecule has 9 heteroatoms. The highest BCUT2D eigenvalue weighted by molar-refractivity contribution is 9.11. The number of nitro groups is 2. The van der Waals surface area contributed by atoms with E-state index in [1.54, 1.807) is 0 Å². The Labute approximate surface area is 108 Å². The van der Waals surface area contributed by atoms with Gasteiger partial charge in [0.1, 0.15) is 0 Å². The minimum Gasteiger partial charge on any atom is -0.358 e. The average molecular weight is 322 g/mol. The number of hydrogen-bond acceptors (Lipinski definition) is 6. The van der Waals surface area contributed by atoms with Crippen molar-refractivity contribution in [3.63, 3.8) is 0 Å². The molecule has 1 aliphatic heterocycles. The molecule has 92 valence electrons. The molecule has 0 saturated carbocycles. The smallest absolute Gasteiger partial charge is 0.358 e. The van der Waals surface area contributed by atoms with Crippen molar-refractivity contribution in [1.29, 1.82) is 0 Å². The molecule has 7 nitrogen and oxygen atoms in total. The van der Waals surface area contributed by atoms with Crippen LogP contribution in [0.2, 0.25) is 0 Å². The van der Waals surface area contributed by atoms with E-state index in [4.69, 9.17) is 0 Å². The second-order valence-electron chi connectivity index (χ2n) is 3.59. The van der Waals surface area contributed by atoms with Gasteiger partial charge >= 0.3 is 11.4 Å². The Morgan fingerprint density at radius 2 is 1.65 bits per heavy atom. The lowest BCUT2D eigenvalue weighted by Crippen LogP contribution is -2.17. The molecule has 1 fully saturated rings. The summed E-state index contributed by atoms with van der Waals surface area (Å²) in [6.45, 7) is 1.43. The van der Waals surface area contributed by atoms with Crippen LogP contribution in [0.3, 0.4) is 0 Å². The van der Waals surface area contributed by atoms with E-state index in [-0.39, 0.29) is 3.79 Å². The molecular formula is C8H8BrN3O4S. The topological polar surface area (TPSA) is 89.5 Å². The minimum atomic E-state index is -0.710. The molecule has 0 radical (unpaired) electrons. The molecule has 2 heterocycles. The fourth-order valence-corrected chi connectivity index (χ4v) is 3.64. The average Bonchev–Trinajstić information content (AvgIpc) is 2.82. The van der Waals surface area contributed by atoms with Crippen LogP contribution in [0.4, 0.5) is 16.4 Å². The molecule has 0 amide bonds. The molecule has 0 unspecified atom stereocenters. The number of anilines is 1. The molecule has 0 atom stereocenters. The van der Waals surface area contributed by atoms with E-state index < -0.39 is 21.2 Å². The summed E-state index contributed by atoms with van der Waals surface area (Å²) in [6, 6.07) is 0. The maximum Gasteiger partial charge on any atom is 0.381 e. The quantitative estimate of drug-likeness (QED) is 0.630. The van der Waals surface area contributed by atoms with Gasteiger partial charge in [0.15, 0.2) is 8.79 Å². The predicted molar refractivity (Wildman–Crippen MR) is 66.8 cm³/mol. The van der Waals surface area contributed by atoms with E-state index in [0.717, 1.165) is 24.2 Å². The van der Waals surface area contributed by atoms with Crippen molar-refractivity contribution in [1.82, 2.24) is 0 Å². The van der Waals surface area contributed by atoms with E-state index in [1.807, 2.05) is 4.90 Å². The minimum absolute atomic E-state index is 0.205. The van der Waals surface area contributed by atoms with Crippen LogP contribution in [0, 0.1) is 20.2 Å². The van der Waals surface area contributed by atoms with Crippen LogP contribution in [-0.4, -0.2) is 22.9 Å². The lowest BCUT2D eigenvalue weighted by molar-refractivity contribution is -0.421. The SMILES string of the molecule is O=[N+]([O-])c1c(Br)sc(N2CCCC2)c1[N+](=O)[O-]. The zero-order valence-electron chi connectivity index (χ0n) is 8.59. The van der Waals surface area contributed by atoms with E-state index in [1.165, 1.54) is 0 Å². The Hall–Kier alpha value is -1.22. The van der Waals surface area contributed by atoms with Crippen molar-refractivity contribution in [3.05, 3.63) is 24.0 Å². The Morgan fingerprint density at radius 1 is 1.12 bits per heavy atom. The molecule has 1 saturated heterocycles. The fraction of sp³-hybridized carbons (Fsp3) is 0.500. The molecule has 2 rings (SSSR count). The van der Waals surface area contributed by atoms with Crippen LogP contribution >= 0.6 is 27.3 Å². The molecule has 0 N–H and O–H groups in total. The van der Waals surface area contributed by atoms with Crippen molar-refractivity contribution >= 4 is 43.6 Å². The summed E-state index contributed by atoms with van der Waals surface area (Å²) < 4.78 is 0.205. The van der Waals surface area contributed by atoms with Crippen LogP contribution < -0.4 is 4.90 Å². The van der Waals surface area contributed by atoms with Crippen LogP contribution in [-0.2, 0) is 0 Å². The third kappa shape index (κ3) is 2.12. The number of halogens is 1. The summed E-state index contributed by atoms with van der Waals surface area (Å²) in [5, 5.41) is 22.2. The summed E-state index contributed by atoms with van der Waals surface area (Å²) in [5.74, 6) is 0. The summed E-state index contributed by atoms with van der Waals surface area (Å²) in [5.41, 5.74) is -0.837. The number of nitrogens with zero attached hydrogens (tertiary/aromatic N) is 3. The second-order valence-corrected chi connectivity index (χ2v) is 5.90. The summed E-state index contributed by atoms with van der Waals surface area (Å²) in [4.78, 5) is 22.3. The first-order chi connectivity index (χ1) is 8.02. The van der Waals surface area contributed by atoms with Gasteiger partial charge in [-0.3, -0.25) is 20.2 Å². The summed E-state index contributed by atoms with van der Waals surface area (Å²) >= 11 is 4.08. The fourth-order valence-electron chi connectivity index (χ4n) is 1.83. The van der Waals surface area contributed by atoms with Gasteiger partial charge in [0, 0.05) is 13.1 Å². The maximum atomic E-state index is 11.0. The zero-order valence-corrected chi connectivity index (χ0v) is 11.0. The largest absolute Gasteiger partial charge is 0.381 e.